The smallest absolute Gasteiger partial charge is 0.166 e. The minimum absolute atomic E-state index is 0. The largest absolute Gasteiger partial charge is 2.00 e. The van der Waals surface area contributed by atoms with Crippen molar-refractivity contribution < 1.29 is 69.8 Å². The zero-order valence-corrected chi connectivity index (χ0v) is 34.8. The number of hydrogen-bond acceptors (Lipinski definition) is 0. The molecule has 0 aliphatic heterocycles. The summed E-state index contributed by atoms with van der Waals surface area (Å²) in [6.07, 6.45) is -6.92. The molecule has 1 atom stereocenters. The Morgan fingerprint density at radius 1 is 0.390 bits per heavy atom. The van der Waals surface area contributed by atoms with Crippen LogP contribution in [-0.2, 0) is 41.8 Å². The van der Waals surface area contributed by atoms with Crippen LogP contribution in [0.2, 0.25) is 0 Å². The average molecular weight is 911 g/mol. The molecule has 2 fully saturated rings. The first-order valence-corrected chi connectivity index (χ1v) is 20.4. The molecule has 0 unspecified atom stereocenters. The molecule has 15 heteroatoms. The second-order valence-corrected chi connectivity index (χ2v) is 18.7. The van der Waals surface area contributed by atoms with Crippen molar-refractivity contribution in [3.63, 3.8) is 0 Å². The van der Waals surface area contributed by atoms with Crippen molar-refractivity contribution in [2.45, 2.75) is 65.0 Å². The van der Waals surface area contributed by atoms with Crippen LogP contribution in [0.4, 0.5) is 52.7 Å². The van der Waals surface area contributed by atoms with Crippen LogP contribution < -0.4 is 21.2 Å². The number of rotatable bonds is 7. The van der Waals surface area contributed by atoms with Crippen LogP contribution in [0.3, 0.4) is 0 Å². The third-order valence-corrected chi connectivity index (χ3v) is 14.2. The molecule has 0 saturated heterocycles. The summed E-state index contributed by atoms with van der Waals surface area (Å²) in [6.45, 7) is 9.36. The van der Waals surface area contributed by atoms with Gasteiger partial charge >= 0.3 is 41.8 Å². The second kappa shape index (κ2) is 19.2. The van der Waals surface area contributed by atoms with E-state index < -0.39 is 79.1 Å². The molecule has 2 saturated carbocycles. The molecule has 59 heavy (non-hydrogen) atoms. The molecular weight excluding hydrogens is 874 g/mol. The fourth-order valence-electron chi connectivity index (χ4n) is 6.78. The van der Waals surface area contributed by atoms with E-state index in [1.807, 2.05) is 96.2 Å². The molecule has 0 aromatic heterocycles. The van der Waals surface area contributed by atoms with E-state index >= 15 is 0 Å². The number of halogens is 12. The number of benzene rings is 4. The molecule has 312 valence electrons. The van der Waals surface area contributed by atoms with Gasteiger partial charge in [0.25, 0.3) is 0 Å². The Kier molecular flexibility index (Phi) is 16.0. The Bertz CT molecular complexity index is 1810. The molecule has 0 nitrogen and oxygen atoms in total. The van der Waals surface area contributed by atoms with Gasteiger partial charge in [0, 0.05) is 5.66 Å². The number of alkyl halides is 12. The van der Waals surface area contributed by atoms with Crippen molar-refractivity contribution >= 4 is 37.1 Å². The van der Waals surface area contributed by atoms with Crippen molar-refractivity contribution in [3.05, 3.63) is 180 Å². The first-order valence-electron chi connectivity index (χ1n) is 17.6. The summed E-state index contributed by atoms with van der Waals surface area (Å²) in [5.41, 5.74) is -3.83. The van der Waals surface area contributed by atoms with Crippen molar-refractivity contribution in [1.29, 1.82) is 0 Å². The van der Waals surface area contributed by atoms with Gasteiger partial charge in [-0.1, -0.05) is 65.6 Å². The normalized spacial score (nSPS) is 16.3. The molecule has 0 spiro atoms. The van der Waals surface area contributed by atoms with Crippen molar-refractivity contribution in [3.8, 4) is 0 Å². The van der Waals surface area contributed by atoms with Gasteiger partial charge in [-0.15, -0.1) is 0 Å². The van der Waals surface area contributed by atoms with E-state index in [1.165, 1.54) is 12.8 Å². The van der Waals surface area contributed by atoms with E-state index in [4.69, 9.17) is 0 Å². The molecule has 10 radical (unpaired) electrons. The summed E-state index contributed by atoms with van der Waals surface area (Å²) in [6, 6.07) is 13.0. The van der Waals surface area contributed by atoms with Gasteiger partial charge < -0.3 is 0 Å². The fraction of sp³-hybridized carbons (Fsp3) is 0.227. The first kappa shape index (κ1) is 49.1. The maximum absolute atomic E-state index is 14.1. The van der Waals surface area contributed by atoms with E-state index in [2.05, 4.69) is 0 Å². The number of aryl methyl sites for hydroxylation is 4. The summed E-state index contributed by atoms with van der Waals surface area (Å²) < 4.78 is 170. The van der Waals surface area contributed by atoms with Crippen molar-refractivity contribution in [2.24, 2.45) is 0 Å². The summed E-state index contributed by atoms with van der Waals surface area (Å²) in [7, 11) is -4.31. The third-order valence-electron chi connectivity index (χ3n) is 9.09. The maximum Gasteiger partial charge on any atom is 2.00 e. The van der Waals surface area contributed by atoms with Gasteiger partial charge in [0.15, 0.2) is 0 Å². The molecule has 6 rings (SSSR count). The molecule has 4 aromatic rings. The summed E-state index contributed by atoms with van der Waals surface area (Å²) in [5, 5.41) is 0.333. The zero-order valence-electron chi connectivity index (χ0n) is 31.9. The van der Waals surface area contributed by atoms with Gasteiger partial charge in [0.2, 0.25) is 0 Å². The van der Waals surface area contributed by atoms with Gasteiger partial charge in [0.1, 0.15) is 0 Å². The molecule has 0 N–H and O–H groups in total. The fourth-order valence-corrected chi connectivity index (χ4v) is 12.6. The molecule has 0 amide bonds. The van der Waals surface area contributed by atoms with E-state index in [9.17, 15) is 52.7 Å². The SMILES string of the molecule is Cc1cc(C)cc(P(c2cc(C)cc(C)c2)[C@@H](C)[C]2[CH][CH][CH][C]2P(c2cc(C(F)(F)F)cc(C(F)(F)F)c2)c2cc(C(F)(F)F)cc(C(F)(F)F)c2)c1.[CH]1[CH][CH][CH][CH]1.[Fe+2]. The van der Waals surface area contributed by atoms with Gasteiger partial charge in [-0.2, -0.15) is 52.7 Å². The Labute approximate surface area is 350 Å². The zero-order chi connectivity index (χ0) is 43.0. The maximum atomic E-state index is 14.1. The number of hydrogen-bond donors (Lipinski definition) is 0. The Morgan fingerprint density at radius 3 is 0.983 bits per heavy atom. The molecule has 2 aliphatic carbocycles. The molecule has 4 aromatic carbocycles. The van der Waals surface area contributed by atoms with E-state index in [-0.39, 0.29) is 34.9 Å². The van der Waals surface area contributed by atoms with E-state index in [0.29, 0.717) is 30.2 Å². The van der Waals surface area contributed by atoms with Gasteiger partial charge in [-0.25, -0.2) is 0 Å². The Balaban J connectivity index is 0.00000119. The monoisotopic (exact) mass is 910 g/mol. The minimum Gasteiger partial charge on any atom is -0.166 e. The van der Waals surface area contributed by atoms with Crippen LogP contribution in [0.25, 0.3) is 0 Å². The van der Waals surface area contributed by atoms with Crippen LogP contribution in [-0.4, -0.2) is 5.66 Å². The quantitative estimate of drug-likeness (QED) is 0.0985. The predicted molar refractivity (Wildman–Crippen MR) is 207 cm³/mol. The van der Waals surface area contributed by atoms with Crippen molar-refractivity contribution in [1.82, 2.24) is 0 Å². The summed E-state index contributed by atoms with van der Waals surface area (Å²) >= 11 is 0. The molecule has 2 aliphatic rings. The van der Waals surface area contributed by atoms with E-state index in [1.54, 1.807) is 13.3 Å². The van der Waals surface area contributed by atoms with Gasteiger partial charge in [0.05, 0.1) is 22.3 Å². The molecule has 0 bridgehead atoms. The summed E-state index contributed by atoms with van der Waals surface area (Å²) in [4.78, 5) is 0. The molecular formula is C44H36F12FeP2+2. The van der Waals surface area contributed by atoms with Gasteiger partial charge in [-0.3, -0.25) is 0 Å². The second-order valence-electron chi connectivity index (χ2n) is 13.9. The predicted octanol–water partition coefficient (Wildman–Crippen LogP) is 12.7. The van der Waals surface area contributed by atoms with Gasteiger partial charge in [-0.05, 0) is 164 Å². The topological polar surface area (TPSA) is 0 Å². The van der Waals surface area contributed by atoms with Crippen LogP contribution in [0.15, 0.2) is 72.8 Å². The Morgan fingerprint density at radius 2 is 0.695 bits per heavy atom. The van der Waals surface area contributed by atoms with Crippen molar-refractivity contribution in [2.75, 3.05) is 0 Å². The van der Waals surface area contributed by atoms with Crippen LogP contribution in [0, 0.1) is 90.6 Å². The van der Waals surface area contributed by atoms with Crippen LogP contribution in [0.5, 0.6) is 0 Å². The molecule has 0 heterocycles. The summed E-state index contributed by atoms with van der Waals surface area (Å²) in [5.74, 6) is 0.373. The Hall–Kier alpha value is -2.58. The minimum atomic E-state index is -5.33. The van der Waals surface area contributed by atoms with Crippen LogP contribution >= 0.6 is 15.8 Å². The average Bonchev–Trinajstić information content (AvgIpc) is 3.83. The first-order chi connectivity index (χ1) is 26.8. The standard InChI is InChI=1S/C39H31F12P2.C5H5.Fe/c1-21-9-22(2)12-30(11-21)52(31-13-23(3)10-24(4)14-31)25(5)34-7-6-8-35(34)53(32-17-26(36(40,41)42)15-27(18-32)37(43,44)45)33-19-28(38(46,47)48)16-29(20-33)39(49,50)51;1-2-4-5-3-1;/h6-20,25H,1-5H3;1-5H;/q;;+2/t25-;;/m0../s1. The third kappa shape index (κ3) is 12.5. The van der Waals surface area contributed by atoms with E-state index in [0.717, 1.165) is 32.9 Å². The van der Waals surface area contributed by atoms with Crippen LogP contribution in [0.1, 0.15) is 51.4 Å².